The Labute approximate surface area is 125 Å². The molecule has 6 heteroatoms. The summed E-state index contributed by atoms with van der Waals surface area (Å²) in [6, 6.07) is 13.5. The molecule has 0 radical (unpaired) electrons. The summed E-state index contributed by atoms with van der Waals surface area (Å²) in [6.45, 7) is 0. The summed E-state index contributed by atoms with van der Waals surface area (Å²) in [5, 5.41) is 11.0. The van der Waals surface area contributed by atoms with Gasteiger partial charge >= 0.3 is 0 Å². The van der Waals surface area contributed by atoms with Crippen molar-refractivity contribution in [3.8, 4) is 0 Å². The van der Waals surface area contributed by atoms with Crippen LogP contribution in [0, 0.1) is 10.1 Å². The highest BCUT2D eigenvalue weighted by atomic mass is 16.6. The third-order valence-corrected chi connectivity index (χ3v) is 3.20. The van der Waals surface area contributed by atoms with Crippen molar-refractivity contribution in [1.29, 1.82) is 0 Å². The Balaban J connectivity index is 2.08. The van der Waals surface area contributed by atoms with E-state index in [-0.39, 0.29) is 16.6 Å². The second kappa shape index (κ2) is 5.61. The van der Waals surface area contributed by atoms with Crippen LogP contribution in [-0.2, 0) is 0 Å². The van der Waals surface area contributed by atoms with E-state index in [0.29, 0.717) is 5.52 Å². The number of nitro groups is 1. The standard InChI is InChI=1S/C16H11N3O3/c20-16-14-10-13(19(21)22)6-7-15(14)17-11-18(16)9-8-12-4-2-1-3-5-12/h1-11H. The first-order valence-electron chi connectivity index (χ1n) is 6.54. The first kappa shape index (κ1) is 13.7. The molecular formula is C16H11N3O3. The Kier molecular flexibility index (Phi) is 3.49. The summed E-state index contributed by atoms with van der Waals surface area (Å²) < 4.78 is 1.30. The Morgan fingerprint density at radius 3 is 2.64 bits per heavy atom. The van der Waals surface area contributed by atoms with Gasteiger partial charge < -0.3 is 0 Å². The lowest BCUT2D eigenvalue weighted by atomic mass is 10.2. The van der Waals surface area contributed by atoms with Crippen molar-refractivity contribution in [2.75, 3.05) is 0 Å². The molecule has 0 N–H and O–H groups in total. The highest BCUT2D eigenvalue weighted by Crippen LogP contribution is 2.16. The van der Waals surface area contributed by atoms with Crippen LogP contribution in [0.4, 0.5) is 5.69 Å². The van der Waals surface area contributed by atoms with Gasteiger partial charge in [-0.2, -0.15) is 0 Å². The fourth-order valence-electron chi connectivity index (χ4n) is 2.07. The van der Waals surface area contributed by atoms with Gasteiger partial charge in [-0.15, -0.1) is 0 Å². The van der Waals surface area contributed by atoms with Crippen molar-refractivity contribution < 1.29 is 4.92 Å². The molecule has 0 saturated heterocycles. The van der Waals surface area contributed by atoms with E-state index in [1.165, 1.54) is 29.1 Å². The lowest BCUT2D eigenvalue weighted by molar-refractivity contribution is -0.384. The first-order chi connectivity index (χ1) is 10.6. The Morgan fingerprint density at radius 1 is 1.14 bits per heavy atom. The van der Waals surface area contributed by atoms with Gasteiger partial charge in [-0.05, 0) is 17.7 Å². The number of nitrogens with zero attached hydrogens (tertiary/aromatic N) is 3. The fourth-order valence-corrected chi connectivity index (χ4v) is 2.07. The lowest BCUT2D eigenvalue weighted by Gasteiger charge is -2.01. The molecule has 0 aliphatic carbocycles. The molecule has 2 aromatic carbocycles. The second-order valence-electron chi connectivity index (χ2n) is 4.64. The molecule has 1 aromatic heterocycles. The number of hydrogen-bond acceptors (Lipinski definition) is 4. The van der Waals surface area contributed by atoms with Crippen LogP contribution in [0.1, 0.15) is 5.56 Å². The van der Waals surface area contributed by atoms with Gasteiger partial charge in [0.05, 0.1) is 15.8 Å². The van der Waals surface area contributed by atoms with Crippen molar-refractivity contribution >= 4 is 28.9 Å². The number of hydrogen-bond donors (Lipinski definition) is 0. The number of non-ortho nitro benzene ring substituents is 1. The molecule has 0 atom stereocenters. The molecule has 0 spiro atoms. The summed E-state index contributed by atoms with van der Waals surface area (Å²) in [6.07, 6.45) is 4.76. The molecule has 3 rings (SSSR count). The summed E-state index contributed by atoms with van der Waals surface area (Å²) in [5.41, 5.74) is 0.894. The molecular weight excluding hydrogens is 282 g/mol. The van der Waals surface area contributed by atoms with Crippen LogP contribution >= 0.6 is 0 Å². The van der Waals surface area contributed by atoms with Gasteiger partial charge in [-0.1, -0.05) is 30.3 Å². The Hall–Kier alpha value is -3.28. The average molecular weight is 293 g/mol. The molecule has 0 unspecified atom stereocenters. The maximum Gasteiger partial charge on any atom is 0.270 e. The molecule has 0 saturated carbocycles. The maximum atomic E-state index is 12.4. The van der Waals surface area contributed by atoms with Crippen LogP contribution in [0.15, 0.2) is 59.7 Å². The SMILES string of the molecule is O=c1c2cc([N+](=O)[O-])ccc2ncn1C=Cc1ccccc1. The van der Waals surface area contributed by atoms with Crippen LogP contribution in [0.3, 0.4) is 0 Å². The van der Waals surface area contributed by atoms with Gasteiger partial charge in [0.1, 0.15) is 6.33 Å². The largest absolute Gasteiger partial charge is 0.274 e. The van der Waals surface area contributed by atoms with Gasteiger partial charge in [0.2, 0.25) is 0 Å². The molecule has 0 fully saturated rings. The number of rotatable bonds is 3. The lowest BCUT2D eigenvalue weighted by Crippen LogP contribution is -2.16. The maximum absolute atomic E-state index is 12.4. The fraction of sp³-hybridized carbons (Fsp3) is 0. The van der Waals surface area contributed by atoms with Crippen LogP contribution < -0.4 is 5.56 Å². The zero-order valence-corrected chi connectivity index (χ0v) is 11.4. The molecule has 1 heterocycles. The minimum atomic E-state index is -0.532. The van der Waals surface area contributed by atoms with E-state index >= 15 is 0 Å². The van der Waals surface area contributed by atoms with E-state index in [1.807, 2.05) is 30.3 Å². The smallest absolute Gasteiger partial charge is 0.270 e. The van der Waals surface area contributed by atoms with Gasteiger partial charge in [0.15, 0.2) is 0 Å². The third kappa shape index (κ3) is 2.62. The predicted octanol–water partition coefficient (Wildman–Crippen LogP) is 2.93. The molecule has 0 bridgehead atoms. The third-order valence-electron chi connectivity index (χ3n) is 3.20. The summed E-state index contributed by atoms with van der Waals surface area (Å²) in [4.78, 5) is 26.8. The topological polar surface area (TPSA) is 78.0 Å². The second-order valence-corrected chi connectivity index (χ2v) is 4.64. The Morgan fingerprint density at radius 2 is 1.91 bits per heavy atom. The molecule has 0 aliphatic rings. The number of fused-ring (bicyclic) bond motifs is 1. The normalized spacial score (nSPS) is 11.1. The monoisotopic (exact) mass is 293 g/mol. The zero-order valence-electron chi connectivity index (χ0n) is 11.4. The number of aromatic nitrogens is 2. The average Bonchev–Trinajstić information content (AvgIpc) is 2.55. The van der Waals surface area contributed by atoms with Crippen LogP contribution in [0.25, 0.3) is 23.2 Å². The zero-order chi connectivity index (χ0) is 15.5. The summed E-state index contributed by atoms with van der Waals surface area (Å²) in [5.74, 6) is 0. The quantitative estimate of drug-likeness (QED) is 0.549. The minimum absolute atomic E-state index is 0.129. The van der Waals surface area contributed by atoms with Crippen LogP contribution in [0.2, 0.25) is 0 Å². The van der Waals surface area contributed by atoms with E-state index < -0.39 is 4.92 Å². The van der Waals surface area contributed by atoms with E-state index in [0.717, 1.165) is 5.56 Å². The van der Waals surface area contributed by atoms with Crippen molar-refractivity contribution in [2.24, 2.45) is 0 Å². The van der Waals surface area contributed by atoms with E-state index in [1.54, 1.807) is 12.3 Å². The predicted molar refractivity (Wildman–Crippen MR) is 84.3 cm³/mol. The van der Waals surface area contributed by atoms with E-state index in [4.69, 9.17) is 0 Å². The van der Waals surface area contributed by atoms with Crippen molar-refractivity contribution in [2.45, 2.75) is 0 Å². The molecule has 0 amide bonds. The van der Waals surface area contributed by atoms with Gasteiger partial charge in [-0.3, -0.25) is 19.5 Å². The van der Waals surface area contributed by atoms with Crippen LogP contribution in [-0.4, -0.2) is 14.5 Å². The summed E-state index contributed by atoms with van der Waals surface area (Å²) in [7, 11) is 0. The molecule has 3 aromatic rings. The molecule has 0 aliphatic heterocycles. The number of benzene rings is 2. The van der Waals surface area contributed by atoms with E-state index in [9.17, 15) is 14.9 Å². The molecule has 108 valence electrons. The van der Waals surface area contributed by atoms with Gasteiger partial charge in [0, 0.05) is 18.3 Å². The summed E-state index contributed by atoms with van der Waals surface area (Å²) >= 11 is 0. The number of nitro benzene ring substituents is 1. The minimum Gasteiger partial charge on any atom is -0.274 e. The molecule has 22 heavy (non-hydrogen) atoms. The van der Waals surface area contributed by atoms with Gasteiger partial charge in [0.25, 0.3) is 11.2 Å². The van der Waals surface area contributed by atoms with Crippen LogP contribution in [0.5, 0.6) is 0 Å². The highest BCUT2D eigenvalue weighted by molar-refractivity contribution is 5.80. The highest BCUT2D eigenvalue weighted by Gasteiger charge is 2.09. The van der Waals surface area contributed by atoms with Gasteiger partial charge in [-0.25, -0.2) is 4.98 Å². The first-order valence-corrected chi connectivity index (χ1v) is 6.54. The van der Waals surface area contributed by atoms with Crippen molar-refractivity contribution in [3.63, 3.8) is 0 Å². The Bertz CT molecular complexity index is 930. The molecule has 6 nitrogen and oxygen atoms in total. The van der Waals surface area contributed by atoms with Crippen molar-refractivity contribution in [3.05, 3.63) is 80.9 Å². The van der Waals surface area contributed by atoms with Crippen molar-refractivity contribution in [1.82, 2.24) is 9.55 Å². The van der Waals surface area contributed by atoms with E-state index in [2.05, 4.69) is 4.98 Å².